The summed E-state index contributed by atoms with van der Waals surface area (Å²) in [7, 11) is 0. The van der Waals surface area contributed by atoms with Gasteiger partial charge in [0.25, 0.3) is 0 Å². The Morgan fingerprint density at radius 2 is 1.50 bits per heavy atom. The van der Waals surface area contributed by atoms with Crippen LogP contribution in [0.4, 0.5) is 0 Å². The number of rotatable bonds is 4. The Morgan fingerprint density at radius 3 is 1.71 bits per heavy atom. The van der Waals surface area contributed by atoms with Gasteiger partial charge in [0.15, 0.2) is 0 Å². The predicted octanol–water partition coefficient (Wildman–Crippen LogP) is 1.78. The zero-order valence-corrected chi connectivity index (χ0v) is 9.74. The minimum Gasteiger partial charge on any atom is -0.336 e. The van der Waals surface area contributed by atoms with Crippen LogP contribution in [-0.2, 0) is 4.79 Å². The highest BCUT2D eigenvalue weighted by Gasteiger charge is 2.49. The average molecular weight is 198 g/mol. The van der Waals surface area contributed by atoms with Crippen molar-refractivity contribution in [2.45, 2.75) is 64.6 Å². The van der Waals surface area contributed by atoms with E-state index in [-0.39, 0.29) is 17.1 Å². The van der Waals surface area contributed by atoms with Gasteiger partial charge in [0.05, 0.1) is 11.2 Å². The summed E-state index contributed by atoms with van der Waals surface area (Å²) >= 11 is 0. The summed E-state index contributed by atoms with van der Waals surface area (Å²) in [6.07, 6.45) is 3.60. The van der Waals surface area contributed by atoms with Crippen molar-refractivity contribution in [2.75, 3.05) is 0 Å². The van der Waals surface area contributed by atoms with Gasteiger partial charge in [-0.3, -0.25) is 10.1 Å². The number of carbonyl (C=O) groups is 1. The lowest BCUT2D eigenvalue weighted by atomic mass is 9.92. The molecular formula is C11H22N2O. The highest BCUT2D eigenvalue weighted by Crippen LogP contribution is 2.29. The molecule has 1 aliphatic heterocycles. The first kappa shape index (κ1) is 11.5. The molecular weight excluding hydrogens is 176 g/mol. The molecule has 0 unspecified atom stereocenters. The van der Waals surface area contributed by atoms with E-state index in [1.807, 2.05) is 0 Å². The molecule has 0 aromatic carbocycles. The van der Waals surface area contributed by atoms with E-state index in [9.17, 15) is 4.79 Å². The summed E-state index contributed by atoms with van der Waals surface area (Å²) in [5.41, 5.74) is -0.491. The van der Waals surface area contributed by atoms with Crippen molar-refractivity contribution < 1.29 is 4.79 Å². The van der Waals surface area contributed by atoms with E-state index in [1.165, 1.54) is 0 Å². The first-order chi connectivity index (χ1) is 6.58. The second-order valence-electron chi connectivity index (χ2n) is 4.16. The number of hydrogen-bond donors (Lipinski definition) is 2. The van der Waals surface area contributed by atoms with Gasteiger partial charge in [0.2, 0.25) is 5.91 Å². The summed E-state index contributed by atoms with van der Waals surface area (Å²) in [6, 6.07) is 0. The van der Waals surface area contributed by atoms with E-state index in [4.69, 9.17) is 0 Å². The molecule has 0 saturated carbocycles. The lowest BCUT2D eigenvalue weighted by Gasteiger charge is -2.31. The van der Waals surface area contributed by atoms with Gasteiger partial charge in [0.1, 0.15) is 0 Å². The molecule has 0 radical (unpaired) electrons. The Labute approximate surface area is 86.6 Å². The molecule has 0 spiro atoms. The number of hydrogen-bond acceptors (Lipinski definition) is 2. The topological polar surface area (TPSA) is 41.1 Å². The lowest BCUT2D eigenvalue weighted by Crippen LogP contribution is -2.52. The normalized spacial score (nSPS) is 23.6. The smallest absolute Gasteiger partial charge is 0.241 e. The van der Waals surface area contributed by atoms with Crippen LogP contribution in [0.15, 0.2) is 0 Å². The van der Waals surface area contributed by atoms with E-state index >= 15 is 0 Å². The van der Waals surface area contributed by atoms with Gasteiger partial charge in [-0.05, 0) is 25.7 Å². The summed E-state index contributed by atoms with van der Waals surface area (Å²) in [4.78, 5) is 11.9. The van der Waals surface area contributed by atoms with Crippen LogP contribution >= 0.6 is 0 Å². The Bertz CT molecular complexity index is 217. The first-order valence-corrected chi connectivity index (χ1v) is 5.70. The second kappa shape index (κ2) is 3.89. The molecule has 0 bridgehead atoms. The van der Waals surface area contributed by atoms with Crippen LogP contribution in [0.1, 0.15) is 53.4 Å². The van der Waals surface area contributed by atoms with Crippen molar-refractivity contribution in [3.05, 3.63) is 0 Å². The van der Waals surface area contributed by atoms with Crippen molar-refractivity contribution in [3.8, 4) is 0 Å². The Morgan fingerprint density at radius 1 is 1.00 bits per heavy atom. The van der Waals surface area contributed by atoms with Gasteiger partial charge >= 0.3 is 0 Å². The van der Waals surface area contributed by atoms with Crippen molar-refractivity contribution >= 4 is 5.91 Å². The molecule has 1 amide bonds. The highest BCUT2D eigenvalue weighted by atomic mass is 16.2. The van der Waals surface area contributed by atoms with Gasteiger partial charge < -0.3 is 5.32 Å². The van der Waals surface area contributed by atoms with E-state index in [1.54, 1.807) is 0 Å². The van der Waals surface area contributed by atoms with Crippen LogP contribution in [0.2, 0.25) is 0 Å². The van der Waals surface area contributed by atoms with Crippen LogP contribution in [0.5, 0.6) is 0 Å². The minimum atomic E-state index is -0.327. The van der Waals surface area contributed by atoms with Crippen LogP contribution in [0, 0.1) is 0 Å². The van der Waals surface area contributed by atoms with Crippen LogP contribution in [-0.4, -0.2) is 17.1 Å². The first-order valence-electron chi connectivity index (χ1n) is 5.70. The molecule has 1 rings (SSSR count). The molecule has 1 fully saturated rings. The molecule has 3 heteroatoms. The molecule has 82 valence electrons. The molecule has 1 heterocycles. The van der Waals surface area contributed by atoms with E-state index in [2.05, 4.69) is 38.3 Å². The van der Waals surface area contributed by atoms with E-state index in [0.717, 1.165) is 25.7 Å². The third-order valence-corrected chi connectivity index (χ3v) is 3.68. The van der Waals surface area contributed by atoms with Crippen LogP contribution < -0.4 is 10.6 Å². The fourth-order valence-corrected chi connectivity index (χ4v) is 2.23. The zero-order chi connectivity index (χ0) is 10.8. The predicted molar refractivity (Wildman–Crippen MR) is 57.9 cm³/mol. The molecule has 1 saturated heterocycles. The number of amides is 1. The molecule has 1 aliphatic rings. The Kier molecular flexibility index (Phi) is 3.20. The average Bonchev–Trinajstić information content (AvgIpc) is 2.53. The number of carbonyl (C=O) groups excluding carboxylic acids is 1. The summed E-state index contributed by atoms with van der Waals surface area (Å²) in [6.45, 7) is 8.35. The molecule has 14 heavy (non-hydrogen) atoms. The molecule has 3 nitrogen and oxygen atoms in total. The maximum absolute atomic E-state index is 11.9. The van der Waals surface area contributed by atoms with E-state index in [0.29, 0.717) is 0 Å². The largest absolute Gasteiger partial charge is 0.336 e. The minimum absolute atomic E-state index is 0.164. The van der Waals surface area contributed by atoms with E-state index < -0.39 is 0 Å². The third-order valence-electron chi connectivity index (χ3n) is 3.68. The molecule has 2 N–H and O–H groups in total. The maximum atomic E-state index is 11.9. The third kappa shape index (κ3) is 1.54. The Balaban J connectivity index is 2.91. The second-order valence-corrected chi connectivity index (χ2v) is 4.16. The highest BCUT2D eigenvalue weighted by molar-refractivity contribution is 5.89. The van der Waals surface area contributed by atoms with Crippen molar-refractivity contribution in [1.82, 2.24) is 10.6 Å². The van der Waals surface area contributed by atoms with Gasteiger partial charge in [-0.1, -0.05) is 27.7 Å². The summed E-state index contributed by atoms with van der Waals surface area (Å²) in [5.74, 6) is 0.172. The van der Waals surface area contributed by atoms with Crippen molar-refractivity contribution in [3.63, 3.8) is 0 Å². The lowest BCUT2D eigenvalue weighted by molar-refractivity contribution is -0.124. The van der Waals surface area contributed by atoms with Gasteiger partial charge in [-0.2, -0.15) is 0 Å². The SMILES string of the molecule is CCC1(CC)NC(=O)C(CC)(CC)N1. The fourth-order valence-electron chi connectivity index (χ4n) is 2.23. The summed E-state index contributed by atoms with van der Waals surface area (Å²) < 4.78 is 0. The fraction of sp³-hybridized carbons (Fsp3) is 0.909. The zero-order valence-electron chi connectivity index (χ0n) is 9.74. The van der Waals surface area contributed by atoms with Crippen LogP contribution in [0.25, 0.3) is 0 Å². The molecule has 0 atom stereocenters. The van der Waals surface area contributed by atoms with Gasteiger partial charge in [0, 0.05) is 0 Å². The summed E-state index contributed by atoms with van der Waals surface area (Å²) in [5, 5.41) is 6.62. The van der Waals surface area contributed by atoms with Crippen molar-refractivity contribution in [1.29, 1.82) is 0 Å². The monoisotopic (exact) mass is 198 g/mol. The van der Waals surface area contributed by atoms with Crippen molar-refractivity contribution in [2.24, 2.45) is 0 Å². The van der Waals surface area contributed by atoms with Gasteiger partial charge in [-0.25, -0.2) is 0 Å². The van der Waals surface area contributed by atoms with Crippen LogP contribution in [0.3, 0.4) is 0 Å². The maximum Gasteiger partial charge on any atom is 0.241 e. The quantitative estimate of drug-likeness (QED) is 0.723. The Hall–Kier alpha value is -0.570. The number of nitrogens with one attached hydrogen (secondary N) is 2. The molecule has 0 aliphatic carbocycles. The molecule has 0 aromatic rings. The molecule has 0 aromatic heterocycles. The van der Waals surface area contributed by atoms with Gasteiger partial charge in [-0.15, -0.1) is 0 Å². The standard InChI is InChI=1S/C11H22N2O/c1-5-10(6-2)9(14)12-11(7-3,8-4)13-10/h13H,5-8H2,1-4H3,(H,12,14).